The Labute approximate surface area is 635 Å². The van der Waals surface area contributed by atoms with Gasteiger partial charge >= 0.3 is 0 Å². The standard InChI is InChI=1S/C11H24.2C10H22.3C9H20.C8H16.4C8H18/c1-9(2,3)11(7,8)10(4,5)6;1-8(9(2,3)4)10(5,6)7;1-8(2)10(6,7)9(3,4)5;1-7-9(5,6)8(2,3)4;1-7(2)8(3)9(4,5)6;1-7(2)9(5,6)8(3)4;1-2-8-6-4-3-5-7-8;2*1-7(2,3)8(4,5)6;1-6-7(2)8(3,4)5;1-6-8(4,5)7(2)3/h1-8H3;2*8H,1-7H3;7H2,1-6H3;2*7-8H,1-6H3;8H,2-7H2,1H3;2*1-6H3;2*7H,6H2,1-5H3/t;;;;8-;;;;;;/m....1....../s1. The molecule has 1 aliphatic carbocycles. The van der Waals surface area contributed by atoms with Gasteiger partial charge in [0.2, 0.25) is 0 Å². The quantitative estimate of drug-likeness (QED) is 0.216. The van der Waals surface area contributed by atoms with Crippen LogP contribution in [-0.4, -0.2) is 0 Å². The normalized spacial score (nSPS) is 15.3. The van der Waals surface area contributed by atoms with Gasteiger partial charge in [0.05, 0.1) is 0 Å². The van der Waals surface area contributed by atoms with Gasteiger partial charge in [-0.2, -0.15) is 0 Å². The second-order valence-corrected chi connectivity index (χ2v) is 48.8. The van der Waals surface area contributed by atoms with Gasteiger partial charge in [-0.3, -0.25) is 0 Å². The van der Waals surface area contributed by atoms with Gasteiger partial charge in [-0.1, -0.05) is 494 Å². The van der Waals surface area contributed by atoms with Crippen LogP contribution in [0.5, 0.6) is 0 Å². The predicted octanol–water partition coefficient (Wildman–Crippen LogP) is 36.9. The number of rotatable bonds is 9. The highest BCUT2D eigenvalue weighted by atomic mass is 14.5. The smallest absolute Gasteiger partial charge is 0.0257 e. The Morgan fingerprint density at radius 2 is 0.551 bits per heavy atom. The van der Waals surface area contributed by atoms with Crippen molar-refractivity contribution in [2.24, 2.45) is 145 Å². The Hall–Kier alpha value is 0. The van der Waals surface area contributed by atoms with Crippen LogP contribution in [0.4, 0.5) is 0 Å². The second kappa shape index (κ2) is 46.9. The SMILES string of the molecule is CC(C(C)(C)C)C(C)(C)C.CC(C)(C)C(C)(C)C.CC(C)(C)C(C)(C)C.CC(C)(C)C(C)(C)C(C)(C)C.CC(C)C(C)(C)C(C)(C)C.CC(C)C(C)(C)C(C)C.CC(C)[C@@H](C)C(C)(C)C.CCC(C)(C)C(C)(C)C.CCC(C)(C)C(C)C.CCC(C)C(C)(C)C.CCC1CCCCC1. The minimum absolute atomic E-state index is 0.375. The van der Waals surface area contributed by atoms with Crippen molar-refractivity contribution in [1.29, 1.82) is 0 Å². The van der Waals surface area contributed by atoms with E-state index in [2.05, 4.69) is 436 Å². The van der Waals surface area contributed by atoms with Gasteiger partial charge in [0.15, 0.2) is 0 Å². The molecule has 1 fully saturated rings. The molecule has 0 heterocycles. The summed E-state index contributed by atoms with van der Waals surface area (Å²) in [4.78, 5) is 0. The van der Waals surface area contributed by atoms with E-state index >= 15 is 0 Å². The lowest BCUT2D eigenvalue weighted by molar-refractivity contribution is 0.00575. The molecule has 98 heavy (non-hydrogen) atoms. The van der Waals surface area contributed by atoms with Gasteiger partial charge in [0.1, 0.15) is 0 Å². The van der Waals surface area contributed by atoms with Crippen LogP contribution in [0, 0.1) is 145 Å². The molecule has 0 saturated heterocycles. The van der Waals surface area contributed by atoms with Crippen molar-refractivity contribution >= 4 is 0 Å². The molecule has 0 aromatic heterocycles. The fraction of sp³-hybridized carbons (Fsp3) is 1.00. The summed E-state index contributed by atoms with van der Waals surface area (Å²) in [5.41, 5.74) is 7.58. The minimum Gasteiger partial charge on any atom is -0.0651 e. The average Bonchev–Trinajstić information content (AvgIpc) is 0.799. The first-order valence-corrected chi connectivity index (χ1v) is 41.8. The minimum atomic E-state index is 0.375. The Bertz CT molecular complexity index is 1720. The second-order valence-electron chi connectivity index (χ2n) is 48.8. The summed E-state index contributed by atoms with van der Waals surface area (Å²) in [7, 11) is 0. The molecule has 0 nitrogen and oxygen atoms in total. The van der Waals surface area contributed by atoms with Gasteiger partial charge in [-0.25, -0.2) is 0 Å². The fourth-order valence-corrected chi connectivity index (χ4v) is 8.10. The van der Waals surface area contributed by atoms with Crippen LogP contribution in [0.25, 0.3) is 0 Å². The largest absolute Gasteiger partial charge is 0.0651 e. The molecule has 0 aliphatic heterocycles. The summed E-state index contributed by atoms with van der Waals surface area (Å²) in [5, 5.41) is 0. The lowest BCUT2D eigenvalue weighted by Gasteiger charge is -2.49. The third kappa shape index (κ3) is 56.3. The van der Waals surface area contributed by atoms with E-state index in [-0.39, 0.29) is 0 Å². The molecule has 0 heteroatoms. The van der Waals surface area contributed by atoms with Crippen LogP contribution in [0.3, 0.4) is 0 Å². The highest BCUT2D eigenvalue weighted by Crippen LogP contribution is 2.51. The van der Waals surface area contributed by atoms with E-state index in [1.807, 2.05) is 0 Å². The zero-order chi connectivity index (χ0) is 83.1. The molecule has 0 aromatic rings. The first-order valence-electron chi connectivity index (χ1n) is 41.8. The van der Waals surface area contributed by atoms with Crippen molar-refractivity contribution < 1.29 is 0 Å². The Balaban J connectivity index is -0.000000109. The van der Waals surface area contributed by atoms with E-state index in [9.17, 15) is 0 Å². The van der Waals surface area contributed by atoms with Crippen molar-refractivity contribution in [2.45, 2.75) is 494 Å². The first kappa shape index (κ1) is 119. The van der Waals surface area contributed by atoms with Crippen LogP contribution in [-0.2, 0) is 0 Å². The van der Waals surface area contributed by atoms with Crippen LogP contribution in [0.15, 0.2) is 0 Å². The van der Waals surface area contributed by atoms with Gasteiger partial charge in [0, 0.05) is 0 Å². The number of hydrogen-bond acceptors (Lipinski definition) is 0. The molecule has 0 bridgehead atoms. The molecule has 1 saturated carbocycles. The summed E-state index contributed by atoms with van der Waals surface area (Å²) in [6, 6.07) is 0. The van der Waals surface area contributed by atoms with Gasteiger partial charge < -0.3 is 0 Å². The molecule has 1 rings (SSSR count). The van der Waals surface area contributed by atoms with Gasteiger partial charge in [-0.05, 0) is 145 Å². The Morgan fingerprint density at radius 3 is 0.582 bits per heavy atom. The molecule has 1 aliphatic rings. The topological polar surface area (TPSA) is 0 Å². The highest BCUT2D eigenvalue weighted by Gasteiger charge is 2.42. The third-order valence-corrected chi connectivity index (χ3v) is 29.3. The van der Waals surface area contributed by atoms with Crippen molar-refractivity contribution in [3.63, 3.8) is 0 Å². The van der Waals surface area contributed by atoms with Crippen molar-refractivity contribution in [2.75, 3.05) is 0 Å². The summed E-state index contributed by atoms with van der Waals surface area (Å²) < 4.78 is 0. The average molecular weight is 1390 g/mol. The molecule has 2 atom stereocenters. The summed E-state index contributed by atoms with van der Waals surface area (Å²) in [6.45, 7) is 145. The zero-order valence-corrected chi connectivity index (χ0v) is 83.1. The van der Waals surface area contributed by atoms with Crippen LogP contribution in [0.2, 0.25) is 0 Å². The molecular formula is C98H216. The zero-order valence-electron chi connectivity index (χ0n) is 83.1. The Morgan fingerprint density at radius 1 is 0.276 bits per heavy atom. The van der Waals surface area contributed by atoms with E-state index in [0.717, 1.165) is 53.3 Å². The van der Waals surface area contributed by atoms with Gasteiger partial charge in [-0.15, -0.1) is 0 Å². The van der Waals surface area contributed by atoms with E-state index in [1.54, 1.807) is 0 Å². The summed E-state index contributed by atoms with van der Waals surface area (Å²) in [5.74, 6) is 7.48. The lowest BCUT2D eigenvalue weighted by atomic mass is 9.56. The highest BCUT2D eigenvalue weighted by molar-refractivity contribution is 4.92. The van der Waals surface area contributed by atoms with E-state index in [1.165, 1.54) is 57.8 Å². The van der Waals surface area contributed by atoms with E-state index in [0.29, 0.717) is 92.1 Å². The maximum Gasteiger partial charge on any atom is -0.0257 e. The molecule has 1 unspecified atom stereocenters. The molecular weight excluding hydrogens is 1180 g/mol. The molecule has 0 aromatic carbocycles. The van der Waals surface area contributed by atoms with Crippen molar-refractivity contribution in [3.8, 4) is 0 Å². The third-order valence-electron chi connectivity index (χ3n) is 29.3. The monoisotopic (exact) mass is 1390 g/mol. The molecule has 608 valence electrons. The maximum absolute atomic E-state index is 2.35. The first-order chi connectivity index (χ1) is 41.8. The van der Waals surface area contributed by atoms with Crippen molar-refractivity contribution in [3.05, 3.63) is 0 Å². The van der Waals surface area contributed by atoms with Gasteiger partial charge in [0.25, 0.3) is 0 Å². The molecule has 0 N–H and O–H groups in total. The molecule has 0 amide bonds. The number of hydrogen-bond donors (Lipinski definition) is 0. The Kier molecular flexibility index (Phi) is 57.0. The van der Waals surface area contributed by atoms with E-state index in [4.69, 9.17) is 0 Å². The van der Waals surface area contributed by atoms with Crippen molar-refractivity contribution in [1.82, 2.24) is 0 Å². The molecule has 0 radical (unpaired) electrons. The summed E-state index contributed by atoms with van der Waals surface area (Å²) >= 11 is 0. The summed E-state index contributed by atoms with van der Waals surface area (Å²) in [6.07, 6.45) is 12.8. The molecule has 0 spiro atoms. The van der Waals surface area contributed by atoms with Crippen LogP contribution >= 0.6 is 0 Å². The predicted molar refractivity (Wildman–Crippen MR) is 472 cm³/mol. The van der Waals surface area contributed by atoms with Crippen LogP contribution in [0.1, 0.15) is 494 Å². The fourth-order valence-electron chi connectivity index (χ4n) is 8.10. The lowest BCUT2D eigenvalue weighted by Crippen LogP contribution is -2.41. The maximum atomic E-state index is 2.35. The van der Waals surface area contributed by atoms with Crippen LogP contribution < -0.4 is 0 Å². The van der Waals surface area contributed by atoms with E-state index < -0.39 is 0 Å².